The molecule has 5 rings (SSSR count). The number of nitrogens with one attached hydrogen (secondary N) is 2. The summed E-state index contributed by atoms with van der Waals surface area (Å²) in [5.74, 6) is -0.751. The van der Waals surface area contributed by atoms with Crippen molar-refractivity contribution in [1.82, 2.24) is 10.2 Å². The Labute approximate surface area is 244 Å². The number of nitrogens with zero attached hydrogens (tertiary/aromatic N) is 1. The highest BCUT2D eigenvalue weighted by atomic mass is 16.6. The normalized spacial score (nSPS) is 12.8. The molecule has 0 unspecified atom stereocenters. The van der Waals surface area contributed by atoms with Crippen LogP contribution in [0.15, 0.2) is 78.9 Å². The number of imide groups is 1. The first-order valence-electron chi connectivity index (χ1n) is 13.7. The van der Waals surface area contributed by atoms with Crippen LogP contribution in [0.5, 0.6) is 0 Å². The maximum Gasteiger partial charge on any atom is 0.488 e. The van der Waals surface area contributed by atoms with Crippen LogP contribution >= 0.6 is 0 Å². The van der Waals surface area contributed by atoms with Gasteiger partial charge in [-0.05, 0) is 61.1 Å². The van der Waals surface area contributed by atoms with Crippen molar-refractivity contribution in [2.45, 2.75) is 46.0 Å². The summed E-state index contributed by atoms with van der Waals surface area (Å²) in [6.07, 6.45) is -0.504. The fourth-order valence-corrected chi connectivity index (χ4v) is 5.01. The Morgan fingerprint density at radius 2 is 1.50 bits per heavy atom. The van der Waals surface area contributed by atoms with Gasteiger partial charge < -0.3 is 25.4 Å². The van der Waals surface area contributed by atoms with E-state index in [4.69, 9.17) is 4.74 Å². The summed E-state index contributed by atoms with van der Waals surface area (Å²) in [5.41, 5.74) is 3.77. The van der Waals surface area contributed by atoms with Crippen molar-refractivity contribution in [3.63, 3.8) is 0 Å². The smallest absolute Gasteiger partial charge is 0.444 e. The molecule has 0 aliphatic carbocycles. The second-order valence-electron chi connectivity index (χ2n) is 11.2. The molecule has 0 fully saturated rings. The van der Waals surface area contributed by atoms with Gasteiger partial charge in [-0.3, -0.25) is 14.5 Å². The number of amides is 3. The SMILES string of the molecule is CC(C)(C)OC(=O)NCc1ccc(CN2C(=O)c3cccc4c(NCc5ccccc5B(O)O)ccc(c34)C2=O)cc1. The first-order chi connectivity index (χ1) is 20.0. The highest BCUT2D eigenvalue weighted by Crippen LogP contribution is 2.35. The summed E-state index contributed by atoms with van der Waals surface area (Å²) in [6, 6.07) is 23.2. The van der Waals surface area contributed by atoms with E-state index in [1.165, 1.54) is 4.90 Å². The minimum Gasteiger partial charge on any atom is -0.444 e. The van der Waals surface area contributed by atoms with Crippen molar-refractivity contribution in [3.8, 4) is 0 Å². The monoisotopic (exact) mass is 565 g/mol. The van der Waals surface area contributed by atoms with E-state index >= 15 is 0 Å². The van der Waals surface area contributed by atoms with Crippen LogP contribution in [0.3, 0.4) is 0 Å². The van der Waals surface area contributed by atoms with E-state index in [1.54, 1.807) is 57.2 Å². The first kappa shape index (κ1) is 28.8. The number of rotatable bonds is 8. The molecule has 214 valence electrons. The number of hydrogen-bond acceptors (Lipinski definition) is 7. The van der Waals surface area contributed by atoms with Crippen LogP contribution in [0.1, 0.15) is 58.2 Å². The largest absolute Gasteiger partial charge is 0.488 e. The van der Waals surface area contributed by atoms with E-state index in [0.29, 0.717) is 28.5 Å². The van der Waals surface area contributed by atoms with Crippen molar-refractivity contribution < 1.29 is 29.2 Å². The minimum absolute atomic E-state index is 0.105. The molecular weight excluding hydrogens is 533 g/mol. The minimum atomic E-state index is -1.59. The van der Waals surface area contributed by atoms with Crippen LogP contribution in [0.4, 0.5) is 10.5 Å². The molecule has 0 radical (unpaired) electrons. The number of benzene rings is 4. The topological polar surface area (TPSA) is 128 Å². The zero-order valence-corrected chi connectivity index (χ0v) is 23.7. The second-order valence-corrected chi connectivity index (χ2v) is 11.2. The Kier molecular flexibility index (Phi) is 8.02. The number of hydrogen-bond donors (Lipinski definition) is 4. The lowest BCUT2D eigenvalue weighted by atomic mass is 9.77. The van der Waals surface area contributed by atoms with Crippen LogP contribution in [-0.4, -0.2) is 45.6 Å². The molecular formula is C32H32BN3O6. The summed E-state index contributed by atoms with van der Waals surface area (Å²) in [4.78, 5) is 40.3. The summed E-state index contributed by atoms with van der Waals surface area (Å²) in [6.45, 7) is 6.11. The molecule has 1 aliphatic rings. The molecule has 4 aromatic rings. The Morgan fingerprint density at radius 3 is 2.19 bits per heavy atom. The molecule has 1 heterocycles. The number of carbonyl (C=O) groups is 3. The molecule has 0 atom stereocenters. The third-order valence-corrected chi connectivity index (χ3v) is 6.99. The van der Waals surface area contributed by atoms with Gasteiger partial charge in [-0.25, -0.2) is 4.79 Å². The summed E-state index contributed by atoms with van der Waals surface area (Å²) in [5, 5.41) is 26.8. The van der Waals surface area contributed by atoms with Crippen molar-refractivity contribution in [3.05, 3.63) is 107 Å². The predicted molar refractivity (Wildman–Crippen MR) is 161 cm³/mol. The Hall–Kier alpha value is -4.67. The number of carbonyl (C=O) groups excluding carboxylic acids is 3. The second kappa shape index (κ2) is 11.7. The number of ether oxygens (including phenoxy) is 1. The zero-order valence-electron chi connectivity index (χ0n) is 23.7. The number of alkyl carbamates (subject to hydrolysis) is 1. The van der Waals surface area contributed by atoms with Gasteiger partial charge in [-0.2, -0.15) is 0 Å². The van der Waals surface area contributed by atoms with Gasteiger partial charge >= 0.3 is 13.2 Å². The fraction of sp³-hybridized carbons (Fsp3) is 0.219. The van der Waals surface area contributed by atoms with Gasteiger partial charge in [0.15, 0.2) is 0 Å². The van der Waals surface area contributed by atoms with E-state index < -0.39 is 18.8 Å². The van der Waals surface area contributed by atoms with Gasteiger partial charge in [0.1, 0.15) is 5.60 Å². The van der Waals surface area contributed by atoms with Gasteiger partial charge in [0.2, 0.25) is 0 Å². The molecule has 0 aromatic heterocycles. The van der Waals surface area contributed by atoms with Crippen molar-refractivity contribution in [2.75, 3.05) is 5.32 Å². The highest BCUT2D eigenvalue weighted by molar-refractivity contribution is 6.59. The molecule has 1 aliphatic heterocycles. The Balaban J connectivity index is 1.32. The molecule has 3 amide bonds. The average Bonchev–Trinajstić information content (AvgIpc) is 2.96. The van der Waals surface area contributed by atoms with Gasteiger partial charge in [0.05, 0.1) is 6.54 Å². The summed E-state index contributed by atoms with van der Waals surface area (Å²) >= 11 is 0. The molecule has 0 spiro atoms. The van der Waals surface area contributed by atoms with Crippen molar-refractivity contribution in [2.24, 2.45) is 0 Å². The van der Waals surface area contributed by atoms with Crippen LogP contribution < -0.4 is 16.1 Å². The van der Waals surface area contributed by atoms with Gasteiger partial charge in [0.25, 0.3) is 11.8 Å². The Bertz CT molecular complexity index is 1640. The fourth-order valence-electron chi connectivity index (χ4n) is 5.01. The van der Waals surface area contributed by atoms with Crippen LogP contribution in [0, 0.1) is 0 Å². The maximum absolute atomic E-state index is 13.6. The van der Waals surface area contributed by atoms with Crippen molar-refractivity contribution >= 4 is 46.9 Å². The van der Waals surface area contributed by atoms with E-state index in [0.717, 1.165) is 27.8 Å². The van der Waals surface area contributed by atoms with E-state index in [2.05, 4.69) is 10.6 Å². The van der Waals surface area contributed by atoms with E-state index in [-0.39, 0.29) is 24.9 Å². The lowest BCUT2D eigenvalue weighted by Gasteiger charge is -2.28. The third kappa shape index (κ3) is 6.14. The molecule has 0 bridgehead atoms. The molecule has 42 heavy (non-hydrogen) atoms. The van der Waals surface area contributed by atoms with Gasteiger partial charge in [-0.15, -0.1) is 0 Å². The molecule has 4 N–H and O–H groups in total. The summed E-state index contributed by atoms with van der Waals surface area (Å²) < 4.78 is 5.26. The predicted octanol–water partition coefficient (Wildman–Crippen LogP) is 3.95. The van der Waals surface area contributed by atoms with Crippen LogP contribution in [-0.2, 0) is 24.4 Å². The summed E-state index contributed by atoms with van der Waals surface area (Å²) in [7, 11) is -1.59. The quantitative estimate of drug-likeness (QED) is 0.188. The number of anilines is 1. The van der Waals surface area contributed by atoms with Gasteiger partial charge in [0, 0.05) is 40.7 Å². The standard InChI is InChI=1S/C32H32BN3O6/c1-32(2,3)42-31(39)35-17-20-11-13-21(14-12-20)19-36-29(37)24-9-6-8-23-27(16-15-25(28(23)24)30(36)38)34-18-22-7-4-5-10-26(22)33(40)41/h4-16,34,40-41H,17-19H2,1-3H3,(H,35,39). The lowest BCUT2D eigenvalue weighted by molar-refractivity contribution is 0.0521. The maximum atomic E-state index is 13.6. The van der Waals surface area contributed by atoms with Gasteiger partial charge in [-0.1, -0.05) is 60.7 Å². The molecule has 9 nitrogen and oxygen atoms in total. The molecule has 4 aromatic carbocycles. The van der Waals surface area contributed by atoms with Crippen molar-refractivity contribution in [1.29, 1.82) is 0 Å². The van der Waals surface area contributed by atoms with Crippen LogP contribution in [0.2, 0.25) is 0 Å². The lowest BCUT2D eigenvalue weighted by Crippen LogP contribution is -2.39. The van der Waals surface area contributed by atoms with Crippen LogP contribution in [0.25, 0.3) is 10.8 Å². The third-order valence-electron chi connectivity index (χ3n) is 6.99. The Morgan fingerprint density at radius 1 is 0.833 bits per heavy atom. The van der Waals surface area contributed by atoms with E-state index in [9.17, 15) is 24.4 Å². The first-order valence-corrected chi connectivity index (χ1v) is 13.7. The molecule has 0 saturated carbocycles. The highest BCUT2D eigenvalue weighted by Gasteiger charge is 2.33. The zero-order chi connectivity index (χ0) is 30.0. The molecule has 0 saturated heterocycles. The van der Waals surface area contributed by atoms with E-state index in [1.807, 2.05) is 42.5 Å². The molecule has 10 heteroatoms. The average molecular weight is 565 g/mol.